The third-order valence-corrected chi connectivity index (χ3v) is 1.78. The lowest BCUT2D eigenvalue weighted by molar-refractivity contribution is 0.112. The molecule has 0 spiro atoms. The van der Waals surface area contributed by atoms with Crippen LogP contribution in [0, 0.1) is 5.82 Å². The monoisotopic (exact) mass is 166 g/mol. The standard InChI is InChI=1S/C10H11FO/c1-2-4-9-8(7-12)5-3-6-10(9)11/h3,5-7H,2,4H2,1H3. The van der Waals surface area contributed by atoms with Crippen molar-refractivity contribution in [3.8, 4) is 0 Å². The zero-order chi connectivity index (χ0) is 8.97. The number of halogens is 1. The molecule has 1 nitrogen and oxygen atoms in total. The van der Waals surface area contributed by atoms with E-state index in [0.717, 1.165) is 6.42 Å². The summed E-state index contributed by atoms with van der Waals surface area (Å²) in [4.78, 5) is 10.5. The number of carbonyl (C=O) groups excluding carboxylic acids is 1. The van der Waals surface area contributed by atoms with Crippen LogP contribution in [0.5, 0.6) is 0 Å². The van der Waals surface area contributed by atoms with Crippen LogP contribution >= 0.6 is 0 Å². The number of hydrogen-bond donors (Lipinski definition) is 0. The van der Waals surface area contributed by atoms with Crippen LogP contribution in [0.2, 0.25) is 0 Å². The van der Waals surface area contributed by atoms with Crippen LogP contribution < -0.4 is 0 Å². The van der Waals surface area contributed by atoms with Gasteiger partial charge >= 0.3 is 0 Å². The Morgan fingerprint density at radius 2 is 2.25 bits per heavy atom. The predicted molar refractivity (Wildman–Crippen MR) is 45.8 cm³/mol. The van der Waals surface area contributed by atoms with Gasteiger partial charge in [0.15, 0.2) is 0 Å². The number of carbonyl (C=O) groups is 1. The summed E-state index contributed by atoms with van der Waals surface area (Å²) < 4.78 is 13.1. The molecule has 1 aromatic rings. The molecule has 0 heterocycles. The zero-order valence-electron chi connectivity index (χ0n) is 7.01. The average molecular weight is 166 g/mol. The Bertz CT molecular complexity index is 281. The molecule has 2 heteroatoms. The normalized spacial score (nSPS) is 9.83. The third kappa shape index (κ3) is 1.70. The quantitative estimate of drug-likeness (QED) is 0.631. The Kier molecular flexibility index (Phi) is 2.97. The molecule has 0 radical (unpaired) electrons. The van der Waals surface area contributed by atoms with Gasteiger partial charge in [-0.05, 0) is 18.1 Å². The maximum absolute atomic E-state index is 13.1. The van der Waals surface area contributed by atoms with E-state index in [-0.39, 0.29) is 5.82 Å². The number of aldehydes is 1. The number of hydrogen-bond acceptors (Lipinski definition) is 1. The van der Waals surface area contributed by atoms with Gasteiger partial charge in [0.2, 0.25) is 0 Å². The van der Waals surface area contributed by atoms with Crippen molar-refractivity contribution in [3.05, 3.63) is 35.1 Å². The summed E-state index contributed by atoms with van der Waals surface area (Å²) in [6, 6.07) is 4.58. The lowest BCUT2D eigenvalue weighted by Gasteiger charge is -2.03. The Hall–Kier alpha value is -1.18. The first-order valence-corrected chi connectivity index (χ1v) is 4.02. The molecule has 0 amide bonds. The number of benzene rings is 1. The van der Waals surface area contributed by atoms with Crippen molar-refractivity contribution in [3.63, 3.8) is 0 Å². The molecule has 0 aliphatic heterocycles. The van der Waals surface area contributed by atoms with Gasteiger partial charge in [-0.1, -0.05) is 25.5 Å². The molecule has 0 aromatic heterocycles. The Morgan fingerprint density at radius 3 is 2.83 bits per heavy atom. The van der Waals surface area contributed by atoms with Gasteiger partial charge in [-0.25, -0.2) is 4.39 Å². The van der Waals surface area contributed by atoms with Crippen LogP contribution in [0.4, 0.5) is 4.39 Å². The van der Waals surface area contributed by atoms with Crippen molar-refractivity contribution >= 4 is 6.29 Å². The molecule has 0 aliphatic rings. The largest absolute Gasteiger partial charge is 0.298 e. The van der Waals surface area contributed by atoms with Crippen LogP contribution in [0.1, 0.15) is 29.3 Å². The second-order valence-corrected chi connectivity index (χ2v) is 2.68. The maximum Gasteiger partial charge on any atom is 0.150 e. The first-order chi connectivity index (χ1) is 5.79. The fourth-order valence-electron chi connectivity index (χ4n) is 1.20. The van der Waals surface area contributed by atoms with E-state index in [1.165, 1.54) is 6.07 Å². The minimum atomic E-state index is -0.276. The summed E-state index contributed by atoms with van der Waals surface area (Å²) in [5.41, 5.74) is 1.01. The first kappa shape index (κ1) is 8.91. The van der Waals surface area contributed by atoms with Crippen LogP contribution in [-0.4, -0.2) is 6.29 Å². The minimum Gasteiger partial charge on any atom is -0.298 e. The SMILES string of the molecule is CCCc1c(F)cccc1C=O. The lowest BCUT2D eigenvalue weighted by Crippen LogP contribution is -1.96. The van der Waals surface area contributed by atoms with E-state index in [1.54, 1.807) is 12.1 Å². The summed E-state index contributed by atoms with van der Waals surface area (Å²) in [6.07, 6.45) is 2.18. The predicted octanol–water partition coefficient (Wildman–Crippen LogP) is 2.59. The molecule has 0 atom stereocenters. The fraction of sp³-hybridized carbons (Fsp3) is 0.300. The minimum absolute atomic E-state index is 0.276. The Balaban J connectivity index is 3.10. The molecular formula is C10H11FO. The molecule has 0 N–H and O–H groups in total. The second-order valence-electron chi connectivity index (χ2n) is 2.68. The van der Waals surface area contributed by atoms with Gasteiger partial charge in [0, 0.05) is 5.56 Å². The molecule has 0 fully saturated rings. The van der Waals surface area contributed by atoms with Crippen molar-refractivity contribution in [1.82, 2.24) is 0 Å². The third-order valence-electron chi connectivity index (χ3n) is 1.78. The van der Waals surface area contributed by atoms with Gasteiger partial charge in [0.25, 0.3) is 0 Å². The van der Waals surface area contributed by atoms with Crippen molar-refractivity contribution < 1.29 is 9.18 Å². The highest BCUT2D eigenvalue weighted by Gasteiger charge is 2.05. The molecule has 64 valence electrons. The summed E-state index contributed by atoms with van der Waals surface area (Å²) in [6.45, 7) is 1.96. The molecule has 0 saturated heterocycles. The van der Waals surface area contributed by atoms with E-state index in [2.05, 4.69) is 0 Å². The smallest absolute Gasteiger partial charge is 0.150 e. The van der Waals surface area contributed by atoms with E-state index >= 15 is 0 Å². The van der Waals surface area contributed by atoms with E-state index in [9.17, 15) is 9.18 Å². The number of rotatable bonds is 3. The van der Waals surface area contributed by atoms with E-state index < -0.39 is 0 Å². The molecular weight excluding hydrogens is 155 g/mol. The second kappa shape index (κ2) is 4.00. The summed E-state index contributed by atoms with van der Waals surface area (Å²) in [5, 5.41) is 0. The molecule has 0 bridgehead atoms. The molecule has 12 heavy (non-hydrogen) atoms. The van der Waals surface area contributed by atoms with Gasteiger partial charge in [0.1, 0.15) is 12.1 Å². The average Bonchev–Trinajstić information content (AvgIpc) is 2.09. The summed E-state index contributed by atoms with van der Waals surface area (Å²) in [5.74, 6) is -0.276. The highest BCUT2D eigenvalue weighted by atomic mass is 19.1. The highest BCUT2D eigenvalue weighted by molar-refractivity contribution is 5.77. The van der Waals surface area contributed by atoms with Crippen LogP contribution in [0.3, 0.4) is 0 Å². The fourth-order valence-corrected chi connectivity index (χ4v) is 1.20. The van der Waals surface area contributed by atoms with Crippen molar-refractivity contribution in [2.45, 2.75) is 19.8 Å². The zero-order valence-corrected chi connectivity index (χ0v) is 7.01. The Labute approximate surface area is 71.2 Å². The molecule has 1 rings (SSSR count). The van der Waals surface area contributed by atoms with E-state index in [0.29, 0.717) is 23.8 Å². The summed E-state index contributed by atoms with van der Waals surface area (Å²) >= 11 is 0. The van der Waals surface area contributed by atoms with Crippen LogP contribution in [0.25, 0.3) is 0 Å². The Morgan fingerprint density at radius 1 is 1.50 bits per heavy atom. The highest BCUT2D eigenvalue weighted by Crippen LogP contribution is 2.13. The van der Waals surface area contributed by atoms with Crippen LogP contribution in [0.15, 0.2) is 18.2 Å². The van der Waals surface area contributed by atoms with Gasteiger partial charge < -0.3 is 0 Å². The van der Waals surface area contributed by atoms with Gasteiger partial charge in [-0.2, -0.15) is 0 Å². The van der Waals surface area contributed by atoms with E-state index in [4.69, 9.17) is 0 Å². The van der Waals surface area contributed by atoms with Gasteiger partial charge in [-0.3, -0.25) is 4.79 Å². The molecule has 1 aromatic carbocycles. The van der Waals surface area contributed by atoms with E-state index in [1.807, 2.05) is 6.92 Å². The van der Waals surface area contributed by atoms with Crippen molar-refractivity contribution in [2.75, 3.05) is 0 Å². The molecule has 0 aliphatic carbocycles. The maximum atomic E-state index is 13.1. The van der Waals surface area contributed by atoms with Crippen molar-refractivity contribution in [1.29, 1.82) is 0 Å². The lowest BCUT2D eigenvalue weighted by atomic mass is 10.0. The van der Waals surface area contributed by atoms with Crippen LogP contribution in [-0.2, 0) is 6.42 Å². The first-order valence-electron chi connectivity index (χ1n) is 4.02. The summed E-state index contributed by atoms with van der Waals surface area (Å²) in [7, 11) is 0. The molecule has 0 saturated carbocycles. The molecule has 0 unspecified atom stereocenters. The van der Waals surface area contributed by atoms with Crippen molar-refractivity contribution in [2.24, 2.45) is 0 Å². The van der Waals surface area contributed by atoms with Gasteiger partial charge in [0.05, 0.1) is 0 Å². The van der Waals surface area contributed by atoms with Gasteiger partial charge in [-0.15, -0.1) is 0 Å². The topological polar surface area (TPSA) is 17.1 Å².